The lowest BCUT2D eigenvalue weighted by atomic mass is 10.1. The van der Waals surface area contributed by atoms with Crippen LogP contribution in [0.15, 0.2) is 114 Å². The van der Waals surface area contributed by atoms with Gasteiger partial charge in [-0.05, 0) is 91.4 Å². The summed E-state index contributed by atoms with van der Waals surface area (Å²) < 4.78 is 5.28. The Morgan fingerprint density at radius 2 is 1.44 bits per heavy atom. The predicted octanol–water partition coefficient (Wildman–Crippen LogP) is 5.32. The number of thioether (sulfide) groups is 1. The summed E-state index contributed by atoms with van der Waals surface area (Å²) in [4.78, 5) is 50.9. The predicted molar refractivity (Wildman–Crippen MR) is 169 cm³/mol. The Hall–Kier alpha value is -5.35. The minimum atomic E-state index is -0.539. The Bertz CT molecular complexity index is 1640. The van der Waals surface area contributed by atoms with E-state index in [1.165, 1.54) is 11.8 Å². The summed E-state index contributed by atoms with van der Waals surface area (Å²) in [5, 5.41) is 7.92. The second-order valence-corrected chi connectivity index (χ2v) is 10.7. The summed E-state index contributed by atoms with van der Waals surface area (Å²) in [6, 6.07) is 29.1. The molecule has 5 N–H and O–H groups in total. The van der Waals surface area contributed by atoms with Crippen LogP contribution in [0.2, 0.25) is 0 Å². The average molecular weight is 595 g/mol. The van der Waals surface area contributed by atoms with Gasteiger partial charge in [-0.1, -0.05) is 30.3 Å². The molecule has 9 nitrogen and oxygen atoms in total. The largest absolute Gasteiger partial charge is 0.497 e. The fourth-order valence-corrected chi connectivity index (χ4v) is 4.74. The molecule has 4 aromatic rings. The van der Waals surface area contributed by atoms with Crippen molar-refractivity contribution in [3.05, 3.63) is 126 Å². The van der Waals surface area contributed by atoms with Crippen molar-refractivity contribution in [1.29, 1.82) is 0 Å². The smallest absolute Gasteiger partial charge is 0.272 e. The SMILES string of the molecule is COc1cccc(/C=C(\NC(=O)c2ccccc2)C(=O)Nc2ccc(SC(C)C(=O)Nc3ccc(C(N)=O)cc3)cc2)c1. The molecule has 0 saturated carbocycles. The second-order valence-electron chi connectivity index (χ2n) is 9.32. The van der Waals surface area contributed by atoms with Gasteiger partial charge in [0.05, 0.1) is 12.4 Å². The van der Waals surface area contributed by atoms with Gasteiger partial charge in [-0.3, -0.25) is 19.2 Å². The third kappa shape index (κ3) is 8.82. The normalized spacial score (nSPS) is 11.6. The topological polar surface area (TPSA) is 140 Å². The third-order valence-electron chi connectivity index (χ3n) is 6.16. The van der Waals surface area contributed by atoms with Crippen molar-refractivity contribution in [1.82, 2.24) is 5.32 Å². The molecule has 4 aromatic carbocycles. The highest BCUT2D eigenvalue weighted by Crippen LogP contribution is 2.26. The fraction of sp³-hybridized carbons (Fsp3) is 0.0909. The van der Waals surface area contributed by atoms with Crippen LogP contribution in [0, 0.1) is 0 Å². The molecule has 0 radical (unpaired) electrons. The standard InChI is InChI=1S/C33H30N4O5S/c1-21(31(39)35-25-13-11-23(12-14-25)30(34)38)43-28-17-15-26(16-18-28)36-33(41)29(20-22-7-6-10-27(19-22)42-2)37-32(40)24-8-4-3-5-9-24/h3-21H,1-2H3,(H2,34,38)(H,35,39)(H,36,41)(H,37,40)/b29-20-. The van der Waals surface area contributed by atoms with Crippen molar-refractivity contribution >= 4 is 52.8 Å². The Balaban J connectivity index is 1.42. The quantitative estimate of drug-likeness (QED) is 0.137. The van der Waals surface area contributed by atoms with Gasteiger partial charge in [-0.2, -0.15) is 0 Å². The number of carbonyl (C=O) groups is 4. The van der Waals surface area contributed by atoms with Gasteiger partial charge in [0.1, 0.15) is 11.4 Å². The number of amides is 4. The Morgan fingerprint density at radius 3 is 2.09 bits per heavy atom. The molecule has 218 valence electrons. The monoisotopic (exact) mass is 594 g/mol. The van der Waals surface area contributed by atoms with E-state index in [1.54, 1.807) is 123 Å². The zero-order valence-corrected chi connectivity index (χ0v) is 24.3. The molecular weight excluding hydrogens is 564 g/mol. The average Bonchev–Trinajstić information content (AvgIpc) is 3.02. The van der Waals surface area contributed by atoms with Crippen molar-refractivity contribution < 1.29 is 23.9 Å². The van der Waals surface area contributed by atoms with E-state index in [0.717, 1.165) is 4.90 Å². The van der Waals surface area contributed by atoms with Gasteiger partial charge in [0, 0.05) is 27.4 Å². The summed E-state index contributed by atoms with van der Waals surface area (Å²) in [7, 11) is 1.55. The summed E-state index contributed by atoms with van der Waals surface area (Å²) in [6.45, 7) is 1.78. The first kappa shape index (κ1) is 30.6. The first-order chi connectivity index (χ1) is 20.7. The number of primary amides is 1. The summed E-state index contributed by atoms with van der Waals surface area (Å²) in [5.74, 6) is -1.08. The molecule has 0 fully saturated rings. The minimum Gasteiger partial charge on any atom is -0.497 e. The van der Waals surface area contributed by atoms with E-state index in [-0.39, 0.29) is 11.6 Å². The number of methoxy groups -OCH3 is 1. The number of rotatable bonds is 11. The number of nitrogens with one attached hydrogen (secondary N) is 3. The van der Waals surface area contributed by atoms with Crippen molar-refractivity contribution in [2.45, 2.75) is 17.1 Å². The van der Waals surface area contributed by atoms with Gasteiger partial charge in [-0.25, -0.2) is 0 Å². The number of nitrogens with two attached hydrogens (primary N) is 1. The molecule has 0 spiro atoms. The zero-order valence-electron chi connectivity index (χ0n) is 23.5. The van der Waals surface area contributed by atoms with Crippen LogP contribution >= 0.6 is 11.8 Å². The lowest BCUT2D eigenvalue weighted by Crippen LogP contribution is -2.30. The van der Waals surface area contributed by atoms with E-state index in [0.29, 0.717) is 33.8 Å². The Labute approximate surface area is 253 Å². The fourth-order valence-electron chi connectivity index (χ4n) is 3.87. The molecule has 0 aliphatic rings. The van der Waals surface area contributed by atoms with Crippen molar-refractivity contribution in [2.75, 3.05) is 17.7 Å². The molecule has 0 bridgehead atoms. The van der Waals surface area contributed by atoms with E-state index < -0.39 is 23.0 Å². The van der Waals surface area contributed by atoms with Crippen LogP contribution in [0.3, 0.4) is 0 Å². The molecule has 0 aliphatic carbocycles. The second kappa shape index (κ2) is 14.5. The molecule has 1 atom stereocenters. The van der Waals surface area contributed by atoms with E-state index in [4.69, 9.17) is 10.5 Å². The highest BCUT2D eigenvalue weighted by Gasteiger charge is 2.17. The third-order valence-corrected chi connectivity index (χ3v) is 7.28. The molecule has 0 aliphatic heterocycles. The van der Waals surface area contributed by atoms with E-state index in [1.807, 2.05) is 0 Å². The van der Waals surface area contributed by atoms with Crippen molar-refractivity contribution in [2.24, 2.45) is 5.73 Å². The lowest BCUT2D eigenvalue weighted by molar-refractivity contribution is -0.115. The first-order valence-electron chi connectivity index (χ1n) is 13.2. The maximum Gasteiger partial charge on any atom is 0.272 e. The molecule has 43 heavy (non-hydrogen) atoms. The zero-order chi connectivity index (χ0) is 30.8. The molecular formula is C33H30N4O5S. The number of hydrogen-bond donors (Lipinski definition) is 4. The first-order valence-corrected chi connectivity index (χ1v) is 14.1. The maximum atomic E-state index is 13.3. The van der Waals surface area contributed by atoms with Crippen LogP contribution < -0.4 is 26.4 Å². The maximum absolute atomic E-state index is 13.3. The van der Waals surface area contributed by atoms with Crippen molar-refractivity contribution in [3.63, 3.8) is 0 Å². The molecule has 0 heterocycles. The number of hydrogen-bond acceptors (Lipinski definition) is 6. The Morgan fingerprint density at radius 1 is 0.791 bits per heavy atom. The van der Waals surface area contributed by atoms with Gasteiger partial charge in [0.15, 0.2) is 0 Å². The van der Waals surface area contributed by atoms with E-state index in [2.05, 4.69) is 16.0 Å². The van der Waals surface area contributed by atoms with Crippen LogP contribution in [0.5, 0.6) is 5.75 Å². The van der Waals surface area contributed by atoms with Gasteiger partial charge in [0.2, 0.25) is 11.8 Å². The van der Waals surface area contributed by atoms with E-state index >= 15 is 0 Å². The Kier molecular flexibility index (Phi) is 10.3. The highest BCUT2D eigenvalue weighted by molar-refractivity contribution is 8.00. The van der Waals surface area contributed by atoms with Gasteiger partial charge >= 0.3 is 0 Å². The molecule has 1 unspecified atom stereocenters. The van der Waals surface area contributed by atoms with Crippen LogP contribution in [0.25, 0.3) is 6.08 Å². The van der Waals surface area contributed by atoms with Crippen LogP contribution in [0.4, 0.5) is 11.4 Å². The summed E-state index contributed by atoms with van der Waals surface area (Å²) >= 11 is 1.35. The van der Waals surface area contributed by atoms with Crippen molar-refractivity contribution in [3.8, 4) is 5.75 Å². The van der Waals surface area contributed by atoms with Gasteiger partial charge < -0.3 is 26.4 Å². The minimum absolute atomic E-state index is 0.0507. The molecule has 4 rings (SSSR count). The van der Waals surface area contributed by atoms with E-state index in [9.17, 15) is 19.2 Å². The van der Waals surface area contributed by atoms with Gasteiger partial charge in [0.25, 0.3) is 11.8 Å². The molecule has 10 heteroatoms. The molecule has 0 aromatic heterocycles. The summed E-state index contributed by atoms with van der Waals surface area (Å²) in [5.41, 5.74) is 7.80. The molecule has 0 saturated heterocycles. The van der Waals surface area contributed by atoms with Crippen LogP contribution in [0.1, 0.15) is 33.2 Å². The number of anilines is 2. The number of carbonyl (C=O) groups excluding carboxylic acids is 4. The summed E-state index contributed by atoms with van der Waals surface area (Å²) in [6.07, 6.45) is 1.57. The molecule has 4 amide bonds. The van der Waals surface area contributed by atoms with Gasteiger partial charge in [-0.15, -0.1) is 11.8 Å². The van der Waals surface area contributed by atoms with Crippen LogP contribution in [-0.2, 0) is 9.59 Å². The number of ether oxygens (including phenoxy) is 1. The highest BCUT2D eigenvalue weighted by atomic mass is 32.2. The lowest BCUT2D eigenvalue weighted by Gasteiger charge is -2.14. The van der Waals surface area contributed by atoms with Crippen LogP contribution in [-0.4, -0.2) is 36.0 Å². The number of benzene rings is 4.